The molecule has 0 amide bonds. The molecule has 0 saturated carbocycles. The van der Waals surface area contributed by atoms with Gasteiger partial charge in [0.05, 0.1) is 6.04 Å². The summed E-state index contributed by atoms with van der Waals surface area (Å²) >= 11 is 0. The molecule has 0 spiro atoms. The van der Waals surface area contributed by atoms with E-state index in [9.17, 15) is 0 Å². The number of hydrogen-bond donors (Lipinski definition) is 1. The van der Waals surface area contributed by atoms with Crippen LogP contribution in [0.3, 0.4) is 0 Å². The molecule has 7 heavy (non-hydrogen) atoms. The fraction of sp³-hybridized carbons (Fsp3) is 0.600. The van der Waals surface area contributed by atoms with Crippen molar-refractivity contribution in [1.82, 2.24) is 5.32 Å². The molecule has 1 fully saturated rings. The first-order chi connectivity index (χ1) is 2.93. The van der Waals surface area contributed by atoms with Crippen LogP contribution in [0.1, 0.15) is 6.42 Å². The molecule has 0 unspecified atom stereocenters. The van der Waals surface area contributed by atoms with Gasteiger partial charge in [0, 0.05) is 0 Å². The van der Waals surface area contributed by atoms with E-state index in [-0.39, 0.29) is 12.4 Å². The van der Waals surface area contributed by atoms with Gasteiger partial charge in [-0.1, -0.05) is 5.92 Å². The molecular formula is C5H8ClN. The van der Waals surface area contributed by atoms with Crippen LogP contribution in [-0.2, 0) is 0 Å². The number of halogens is 1. The molecule has 0 aliphatic carbocycles. The van der Waals surface area contributed by atoms with Crippen LogP contribution < -0.4 is 5.32 Å². The molecule has 1 N–H and O–H groups in total. The van der Waals surface area contributed by atoms with Crippen molar-refractivity contribution in [1.29, 1.82) is 0 Å². The monoisotopic (exact) mass is 117 g/mol. The Morgan fingerprint density at radius 3 is 2.29 bits per heavy atom. The van der Waals surface area contributed by atoms with Crippen molar-refractivity contribution >= 4 is 12.4 Å². The highest BCUT2D eigenvalue weighted by Gasteiger charge is 2.10. The second-order valence-electron chi connectivity index (χ2n) is 1.46. The second-order valence-corrected chi connectivity index (χ2v) is 1.46. The zero-order valence-corrected chi connectivity index (χ0v) is 4.79. The molecule has 1 nitrogen and oxygen atoms in total. The minimum Gasteiger partial charge on any atom is -0.304 e. The Labute approximate surface area is 49.9 Å². The average molecular weight is 118 g/mol. The van der Waals surface area contributed by atoms with Crippen molar-refractivity contribution in [2.45, 2.75) is 12.5 Å². The van der Waals surface area contributed by atoms with Gasteiger partial charge in [-0.2, -0.15) is 0 Å². The van der Waals surface area contributed by atoms with Gasteiger partial charge in [0.15, 0.2) is 0 Å². The third-order valence-electron chi connectivity index (χ3n) is 1.02. The Balaban J connectivity index is 0.000000360. The Morgan fingerprint density at radius 1 is 1.71 bits per heavy atom. The highest BCUT2D eigenvalue weighted by Crippen LogP contribution is 1.97. The summed E-state index contributed by atoms with van der Waals surface area (Å²) in [7, 11) is 0. The Kier molecular flexibility index (Phi) is 2.82. The molecule has 0 aromatic heterocycles. The topological polar surface area (TPSA) is 12.0 Å². The summed E-state index contributed by atoms with van der Waals surface area (Å²) < 4.78 is 0. The smallest absolute Gasteiger partial charge is 0.0699 e. The molecule has 0 bridgehead atoms. The highest BCUT2D eigenvalue weighted by atomic mass is 35.5. The molecular weight excluding hydrogens is 110 g/mol. The second kappa shape index (κ2) is 2.90. The van der Waals surface area contributed by atoms with Crippen molar-refractivity contribution in [3.8, 4) is 12.3 Å². The minimum atomic E-state index is 0. The van der Waals surface area contributed by atoms with E-state index in [1.807, 2.05) is 0 Å². The standard InChI is InChI=1S/C5H7N.ClH/c1-2-5-3-4-6-5;/h1,5-6H,3-4H2;1H/t5-;/m0./s1. The van der Waals surface area contributed by atoms with Crippen LogP contribution in [0.2, 0.25) is 0 Å². The van der Waals surface area contributed by atoms with Crippen LogP contribution in [0.15, 0.2) is 0 Å². The van der Waals surface area contributed by atoms with Gasteiger partial charge in [-0.25, -0.2) is 0 Å². The van der Waals surface area contributed by atoms with Gasteiger partial charge in [0.25, 0.3) is 0 Å². The summed E-state index contributed by atoms with van der Waals surface area (Å²) in [6, 6.07) is 0.394. The largest absolute Gasteiger partial charge is 0.304 e. The van der Waals surface area contributed by atoms with Gasteiger partial charge in [-0.3, -0.25) is 0 Å². The van der Waals surface area contributed by atoms with Gasteiger partial charge >= 0.3 is 0 Å². The van der Waals surface area contributed by atoms with Crippen molar-refractivity contribution in [2.75, 3.05) is 6.54 Å². The van der Waals surface area contributed by atoms with Crippen molar-refractivity contribution in [2.24, 2.45) is 0 Å². The zero-order valence-electron chi connectivity index (χ0n) is 3.98. The number of rotatable bonds is 0. The molecule has 1 aliphatic rings. The SMILES string of the molecule is C#C[C@H]1CCN1.Cl. The number of nitrogens with one attached hydrogen (secondary N) is 1. The molecule has 1 atom stereocenters. The van der Waals surface area contributed by atoms with Gasteiger partial charge in [0.2, 0.25) is 0 Å². The minimum absolute atomic E-state index is 0. The Morgan fingerprint density at radius 2 is 2.29 bits per heavy atom. The van der Waals surface area contributed by atoms with Crippen molar-refractivity contribution in [3.05, 3.63) is 0 Å². The third-order valence-corrected chi connectivity index (χ3v) is 1.02. The lowest BCUT2D eigenvalue weighted by molar-refractivity contribution is 0.449. The van der Waals surface area contributed by atoms with E-state index >= 15 is 0 Å². The van der Waals surface area contributed by atoms with Crippen molar-refractivity contribution in [3.63, 3.8) is 0 Å². The van der Waals surface area contributed by atoms with E-state index < -0.39 is 0 Å². The van der Waals surface area contributed by atoms with E-state index in [1.54, 1.807) is 0 Å². The van der Waals surface area contributed by atoms with Crippen LogP contribution in [0, 0.1) is 12.3 Å². The molecule has 1 heterocycles. The lowest BCUT2D eigenvalue weighted by Gasteiger charge is -2.21. The summed E-state index contributed by atoms with van der Waals surface area (Å²) in [5, 5.41) is 3.06. The molecule has 1 aliphatic heterocycles. The molecule has 1 rings (SSSR count). The maximum Gasteiger partial charge on any atom is 0.0699 e. The lowest BCUT2D eigenvalue weighted by atomic mass is 10.1. The zero-order chi connectivity index (χ0) is 4.41. The number of terminal acetylenes is 1. The van der Waals surface area contributed by atoms with E-state index in [1.165, 1.54) is 0 Å². The van der Waals surface area contributed by atoms with E-state index in [0.29, 0.717) is 6.04 Å². The summed E-state index contributed by atoms with van der Waals surface area (Å²) in [5.41, 5.74) is 0. The summed E-state index contributed by atoms with van der Waals surface area (Å²) in [4.78, 5) is 0. The maximum atomic E-state index is 5.02. The first-order valence-corrected chi connectivity index (χ1v) is 2.13. The molecule has 1 saturated heterocycles. The molecule has 0 aromatic rings. The van der Waals surface area contributed by atoms with Gasteiger partial charge in [-0.15, -0.1) is 18.8 Å². The summed E-state index contributed by atoms with van der Waals surface area (Å²) in [5.74, 6) is 2.59. The van der Waals surface area contributed by atoms with Crippen LogP contribution in [0.25, 0.3) is 0 Å². The fourth-order valence-electron chi connectivity index (χ4n) is 0.431. The normalized spacial score (nSPS) is 26.4. The van der Waals surface area contributed by atoms with Crippen molar-refractivity contribution < 1.29 is 0 Å². The molecule has 0 aromatic carbocycles. The van der Waals surface area contributed by atoms with Gasteiger partial charge < -0.3 is 5.32 Å². The van der Waals surface area contributed by atoms with Crippen LogP contribution in [0.4, 0.5) is 0 Å². The predicted molar refractivity (Wildman–Crippen MR) is 32.5 cm³/mol. The fourth-order valence-corrected chi connectivity index (χ4v) is 0.431. The molecule has 2 heteroatoms. The van der Waals surface area contributed by atoms with E-state index in [2.05, 4.69) is 11.2 Å². The maximum absolute atomic E-state index is 5.02. The lowest BCUT2D eigenvalue weighted by Crippen LogP contribution is -2.41. The van der Waals surface area contributed by atoms with Crippen LogP contribution in [0.5, 0.6) is 0 Å². The van der Waals surface area contributed by atoms with E-state index in [0.717, 1.165) is 13.0 Å². The summed E-state index contributed by atoms with van der Waals surface area (Å²) in [6.45, 7) is 1.11. The van der Waals surface area contributed by atoms with E-state index in [4.69, 9.17) is 6.42 Å². The summed E-state index contributed by atoms with van der Waals surface area (Å²) in [6.07, 6.45) is 6.18. The van der Waals surface area contributed by atoms with Gasteiger partial charge in [0.1, 0.15) is 0 Å². The predicted octanol–water partition coefficient (Wildman–Crippen LogP) is 0.403. The molecule has 40 valence electrons. The third kappa shape index (κ3) is 1.38. The number of hydrogen-bond acceptors (Lipinski definition) is 1. The van der Waals surface area contributed by atoms with Crippen LogP contribution >= 0.6 is 12.4 Å². The van der Waals surface area contributed by atoms with Gasteiger partial charge in [-0.05, 0) is 13.0 Å². The highest BCUT2D eigenvalue weighted by molar-refractivity contribution is 5.85. The first kappa shape index (κ1) is 6.81. The Bertz CT molecular complexity index is 80.6. The first-order valence-electron chi connectivity index (χ1n) is 2.13. The average Bonchev–Trinajstić information content (AvgIpc) is 1.31. The molecule has 0 radical (unpaired) electrons. The quantitative estimate of drug-likeness (QED) is 0.453. The van der Waals surface area contributed by atoms with Crippen LogP contribution in [-0.4, -0.2) is 12.6 Å². The Hall–Kier alpha value is -0.190.